The highest BCUT2D eigenvalue weighted by Gasteiger charge is 2.29. The van der Waals surface area contributed by atoms with Crippen LogP contribution in [0.3, 0.4) is 0 Å². The van der Waals surface area contributed by atoms with Crippen LogP contribution in [0.1, 0.15) is 36.4 Å². The number of nitrogens with one attached hydrogen (secondary N) is 1. The molecule has 190 valence electrons. The van der Waals surface area contributed by atoms with Gasteiger partial charge in [-0.1, -0.05) is 11.8 Å². The molecule has 3 aromatic rings. The Kier molecular flexibility index (Phi) is 8.87. The van der Waals surface area contributed by atoms with E-state index in [0.29, 0.717) is 18.0 Å². The van der Waals surface area contributed by atoms with Gasteiger partial charge in [0, 0.05) is 42.4 Å². The topological polar surface area (TPSA) is 57.6 Å². The van der Waals surface area contributed by atoms with Crippen molar-refractivity contribution < 1.29 is 18.6 Å². The lowest BCUT2D eigenvalue weighted by atomic mass is 9.81. The van der Waals surface area contributed by atoms with Crippen molar-refractivity contribution in [3.8, 4) is 17.6 Å². The summed E-state index contributed by atoms with van der Waals surface area (Å²) in [5.74, 6) is 6.01. The standard InChI is InChI=1S/C29H33F2N3O2/c1-32-28(26-9-11-33-29-8-6-25(36-2)17-27(26)29)7-5-21-10-13-34(18-22(21)19-35)12-3-4-20-14-23(30)16-24(31)15-20/h6,8-9,11,14-17,21-22,28,32,35H,5,7,10,12-13,18-19H2,1-2H3/t21-,22-,28+/m1/s1. The third-order valence-electron chi connectivity index (χ3n) is 7.14. The van der Waals surface area contributed by atoms with Crippen LogP contribution in [-0.2, 0) is 0 Å². The fraction of sp³-hybridized carbons (Fsp3) is 0.414. The van der Waals surface area contributed by atoms with Gasteiger partial charge in [-0.3, -0.25) is 9.88 Å². The summed E-state index contributed by atoms with van der Waals surface area (Å²) in [5.41, 5.74) is 2.47. The van der Waals surface area contributed by atoms with Gasteiger partial charge in [0.05, 0.1) is 19.2 Å². The fourth-order valence-corrected chi connectivity index (χ4v) is 5.18. The quantitative estimate of drug-likeness (QED) is 0.451. The van der Waals surface area contributed by atoms with Crippen molar-refractivity contribution in [2.75, 3.05) is 40.4 Å². The highest BCUT2D eigenvalue weighted by molar-refractivity contribution is 5.84. The zero-order valence-electron chi connectivity index (χ0n) is 20.8. The summed E-state index contributed by atoms with van der Waals surface area (Å²) in [5, 5.41) is 14.7. The molecule has 7 heteroatoms. The summed E-state index contributed by atoms with van der Waals surface area (Å²) >= 11 is 0. The number of hydrogen-bond donors (Lipinski definition) is 2. The molecule has 0 radical (unpaired) electrons. The summed E-state index contributed by atoms with van der Waals surface area (Å²) in [6.07, 6.45) is 4.76. The summed E-state index contributed by atoms with van der Waals surface area (Å²) < 4.78 is 32.2. The number of rotatable bonds is 8. The molecule has 1 aliphatic rings. The molecule has 36 heavy (non-hydrogen) atoms. The van der Waals surface area contributed by atoms with Gasteiger partial charge in [-0.15, -0.1) is 0 Å². The molecule has 1 aromatic heterocycles. The Bertz CT molecular complexity index is 1220. The van der Waals surface area contributed by atoms with Crippen molar-refractivity contribution >= 4 is 10.9 Å². The first-order valence-electron chi connectivity index (χ1n) is 12.4. The monoisotopic (exact) mass is 493 g/mol. The number of pyridine rings is 1. The smallest absolute Gasteiger partial charge is 0.127 e. The Hall–Kier alpha value is -3.05. The van der Waals surface area contributed by atoms with E-state index in [1.807, 2.05) is 31.4 Å². The van der Waals surface area contributed by atoms with Gasteiger partial charge < -0.3 is 15.2 Å². The molecule has 2 aromatic carbocycles. The molecular weight excluding hydrogens is 460 g/mol. The molecule has 1 saturated heterocycles. The molecule has 5 nitrogen and oxygen atoms in total. The zero-order valence-corrected chi connectivity index (χ0v) is 20.8. The van der Waals surface area contributed by atoms with Gasteiger partial charge >= 0.3 is 0 Å². The molecule has 1 aliphatic heterocycles. The average molecular weight is 494 g/mol. The number of halogens is 2. The second kappa shape index (κ2) is 12.3. The number of benzene rings is 2. The summed E-state index contributed by atoms with van der Waals surface area (Å²) in [7, 11) is 3.65. The van der Waals surface area contributed by atoms with Gasteiger partial charge in [-0.2, -0.15) is 0 Å². The van der Waals surface area contributed by atoms with Crippen LogP contribution in [0.25, 0.3) is 10.9 Å². The van der Waals surface area contributed by atoms with Gasteiger partial charge in [0.1, 0.15) is 17.4 Å². The number of piperidine rings is 1. The summed E-state index contributed by atoms with van der Waals surface area (Å²) in [6.45, 7) is 2.27. The SMILES string of the molecule is CN[C@@H](CC[C@@H]1CCN(CC#Cc2cc(F)cc(F)c2)C[C@@H]1CO)c1ccnc2ccc(OC)cc12. The zero-order chi connectivity index (χ0) is 25.5. The molecule has 2 N–H and O–H groups in total. The number of likely N-dealkylation sites (tertiary alicyclic amines) is 1. The molecule has 0 saturated carbocycles. The first-order valence-corrected chi connectivity index (χ1v) is 12.4. The summed E-state index contributed by atoms with van der Waals surface area (Å²) in [4.78, 5) is 6.71. The van der Waals surface area contributed by atoms with Crippen molar-refractivity contribution in [3.63, 3.8) is 0 Å². The molecule has 2 heterocycles. The van der Waals surface area contributed by atoms with E-state index in [-0.39, 0.29) is 18.6 Å². The van der Waals surface area contributed by atoms with Gasteiger partial charge in [0.2, 0.25) is 0 Å². The number of ether oxygens (including phenoxy) is 1. The first kappa shape index (κ1) is 26.0. The van der Waals surface area contributed by atoms with E-state index >= 15 is 0 Å². The minimum absolute atomic E-state index is 0.128. The highest BCUT2D eigenvalue weighted by Crippen LogP contribution is 2.33. The van der Waals surface area contributed by atoms with Crippen LogP contribution in [0, 0.1) is 35.3 Å². The lowest BCUT2D eigenvalue weighted by Crippen LogP contribution is -2.42. The van der Waals surface area contributed by atoms with Crippen LogP contribution in [0.15, 0.2) is 48.7 Å². The van der Waals surface area contributed by atoms with Crippen molar-refractivity contribution in [2.24, 2.45) is 11.8 Å². The molecule has 3 atom stereocenters. The Morgan fingerprint density at radius 1 is 1.17 bits per heavy atom. The first-order chi connectivity index (χ1) is 17.5. The van der Waals surface area contributed by atoms with E-state index in [2.05, 4.69) is 33.1 Å². The van der Waals surface area contributed by atoms with Gasteiger partial charge in [-0.25, -0.2) is 8.78 Å². The van der Waals surface area contributed by atoms with Crippen molar-refractivity contribution in [3.05, 3.63) is 71.4 Å². The fourth-order valence-electron chi connectivity index (χ4n) is 5.18. The van der Waals surface area contributed by atoms with Gasteiger partial charge in [0.25, 0.3) is 0 Å². The van der Waals surface area contributed by atoms with E-state index in [4.69, 9.17) is 4.74 Å². The predicted octanol–water partition coefficient (Wildman–Crippen LogP) is 4.54. The average Bonchev–Trinajstić information content (AvgIpc) is 2.88. The van der Waals surface area contributed by atoms with Crippen LogP contribution in [0.5, 0.6) is 5.75 Å². The number of aliphatic hydroxyl groups is 1. The summed E-state index contributed by atoms with van der Waals surface area (Å²) in [6, 6.07) is 11.5. The third-order valence-corrected chi connectivity index (χ3v) is 7.14. The lowest BCUT2D eigenvalue weighted by Gasteiger charge is -2.37. The number of hydrogen-bond acceptors (Lipinski definition) is 5. The maximum Gasteiger partial charge on any atom is 0.127 e. The second-order valence-corrected chi connectivity index (χ2v) is 9.39. The maximum atomic E-state index is 13.4. The largest absolute Gasteiger partial charge is 0.497 e. The molecule has 0 bridgehead atoms. The van der Waals surface area contributed by atoms with Crippen LogP contribution < -0.4 is 10.1 Å². The van der Waals surface area contributed by atoms with Crippen molar-refractivity contribution in [1.29, 1.82) is 0 Å². The van der Waals surface area contributed by atoms with E-state index < -0.39 is 11.6 Å². The molecule has 0 unspecified atom stereocenters. The third kappa shape index (κ3) is 6.38. The Morgan fingerprint density at radius 2 is 1.97 bits per heavy atom. The predicted molar refractivity (Wildman–Crippen MR) is 138 cm³/mol. The van der Waals surface area contributed by atoms with Crippen molar-refractivity contribution in [2.45, 2.75) is 25.3 Å². The second-order valence-electron chi connectivity index (χ2n) is 9.39. The van der Waals surface area contributed by atoms with Crippen LogP contribution in [0.4, 0.5) is 8.78 Å². The molecule has 0 spiro atoms. The Labute approximate surface area is 211 Å². The Morgan fingerprint density at radius 3 is 2.69 bits per heavy atom. The van der Waals surface area contributed by atoms with E-state index in [1.54, 1.807) is 7.11 Å². The molecule has 0 amide bonds. The number of nitrogens with zero attached hydrogens (tertiary/aromatic N) is 2. The van der Waals surface area contributed by atoms with Gasteiger partial charge in [-0.05, 0) is 86.7 Å². The normalized spacial score (nSPS) is 19.0. The van der Waals surface area contributed by atoms with E-state index in [1.165, 1.54) is 17.7 Å². The Balaban J connectivity index is 1.37. The van der Waals surface area contributed by atoms with Crippen molar-refractivity contribution in [1.82, 2.24) is 15.2 Å². The maximum absolute atomic E-state index is 13.4. The minimum Gasteiger partial charge on any atom is -0.497 e. The van der Waals surface area contributed by atoms with E-state index in [9.17, 15) is 13.9 Å². The molecule has 4 rings (SSSR count). The molecule has 0 aliphatic carbocycles. The lowest BCUT2D eigenvalue weighted by molar-refractivity contribution is 0.0734. The number of aromatic nitrogens is 1. The van der Waals surface area contributed by atoms with Crippen LogP contribution in [0.2, 0.25) is 0 Å². The van der Waals surface area contributed by atoms with E-state index in [0.717, 1.165) is 55.1 Å². The van der Waals surface area contributed by atoms with Gasteiger partial charge in [0.15, 0.2) is 0 Å². The molecular formula is C29H33F2N3O2. The van der Waals surface area contributed by atoms with Crippen LogP contribution >= 0.6 is 0 Å². The molecule has 1 fully saturated rings. The minimum atomic E-state index is -0.626. The number of methoxy groups -OCH3 is 1. The number of fused-ring (bicyclic) bond motifs is 1. The highest BCUT2D eigenvalue weighted by atomic mass is 19.1. The number of aliphatic hydroxyl groups excluding tert-OH is 1. The van der Waals surface area contributed by atoms with Crippen LogP contribution in [-0.4, -0.2) is 55.4 Å².